The van der Waals surface area contributed by atoms with Crippen LogP contribution in [0, 0.1) is 5.92 Å². The molecule has 2 aromatic rings. The lowest BCUT2D eigenvalue weighted by atomic mass is 9.98. The van der Waals surface area contributed by atoms with Crippen LogP contribution in [0.2, 0.25) is 0 Å². The maximum atomic E-state index is 12.4. The largest absolute Gasteiger partial charge is 0.481 e. The second kappa shape index (κ2) is 12.4. The van der Waals surface area contributed by atoms with Gasteiger partial charge in [0.15, 0.2) is 0 Å². The molecule has 0 bridgehead atoms. The molecule has 2 atom stereocenters. The Morgan fingerprint density at radius 3 is 2.17 bits per heavy atom. The van der Waals surface area contributed by atoms with E-state index < -0.39 is 12.1 Å². The van der Waals surface area contributed by atoms with Gasteiger partial charge in [-0.3, -0.25) is 9.59 Å². The van der Waals surface area contributed by atoms with Crippen molar-refractivity contribution in [3.05, 3.63) is 59.7 Å². The van der Waals surface area contributed by atoms with Crippen LogP contribution in [0.4, 0.5) is 4.79 Å². The highest BCUT2D eigenvalue weighted by atomic mass is 16.5. The first-order valence-electron chi connectivity index (χ1n) is 12.4. The lowest BCUT2D eigenvalue weighted by Gasteiger charge is -2.22. The second-order valence-corrected chi connectivity index (χ2v) is 9.46. The van der Waals surface area contributed by atoms with Crippen LogP contribution < -0.4 is 5.32 Å². The molecule has 1 aliphatic rings. The van der Waals surface area contributed by atoms with E-state index in [1.54, 1.807) is 11.9 Å². The van der Waals surface area contributed by atoms with E-state index in [-0.39, 0.29) is 36.8 Å². The summed E-state index contributed by atoms with van der Waals surface area (Å²) in [6.45, 7) is 4.55. The van der Waals surface area contributed by atoms with Crippen LogP contribution >= 0.6 is 0 Å². The molecule has 2 aromatic carbocycles. The average Bonchev–Trinajstić information content (AvgIpc) is 3.15. The van der Waals surface area contributed by atoms with Gasteiger partial charge in [-0.15, -0.1) is 0 Å². The SMILES string of the molecule is CC(CCCC(C)C(=O)N(C)CCCC(=O)O)NC(=O)OCC1c2ccccc2-c2ccccc21. The summed E-state index contributed by atoms with van der Waals surface area (Å²) in [6, 6.07) is 16.4. The third-order valence-electron chi connectivity index (χ3n) is 6.66. The van der Waals surface area contributed by atoms with E-state index in [1.165, 1.54) is 22.3 Å². The number of benzene rings is 2. The van der Waals surface area contributed by atoms with Crippen LogP contribution in [0.25, 0.3) is 11.1 Å². The number of hydrogen-bond donors (Lipinski definition) is 2. The van der Waals surface area contributed by atoms with Crippen molar-refractivity contribution in [3.63, 3.8) is 0 Å². The summed E-state index contributed by atoms with van der Waals surface area (Å²) in [5.74, 6) is -0.946. The summed E-state index contributed by atoms with van der Waals surface area (Å²) in [7, 11) is 1.71. The van der Waals surface area contributed by atoms with Crippen molar-refractivity contribution in [2.24, 2.45) is 5.92 Å². The monoisotopic (exact) mass is 480 g/mol. The predicted molar refractivity (Wildman–Crippen MR) is 135 cm³/mol. The van der Waals surface area contributed by atoms with Gasteiger partial charge in [-0.05, 0) is 48.4 Å². The van der Waals surface area contributed by atoms with Crippen LogP contribution in [0.3, 0.4) is 0 Å². The van der Waals surface area contributed by atoms with E-state index in [0.29, 0.717) is 19.4 Å². The maximum Gasteiger partial charge on any atom is 0.407 e. The zero-order valence-electron chi connectivity index (χ0n) is 20.8. The van der Waals surface area contributed by atoms with Gasteiger partial charge in [0.25, 0.3) is 0 Å². The van der Waals surface area contributed by atoms with E-state index >= 15 is 0 Å². The van der Waals surface area contributed by atoms with Crippen LogP contribution in [-0.4, -0.2) is 54.2 Å². The molecule has 0 aliphatic heterocycles. The Balaban J connectivity index is 1.39. The van der Waals surface area contributed by atoms with E-state index in [0.717, 1.165) is 12.8 Å². The molecule has 0 spiro atoms. The maximum absolute atomic E-state index is 12.4. The van der Waals surface area contributed by atoms with Crippen molar-refractivity contribution >= 4 is 18.0 Å². The molecule has 0 saturated heterocycles. The lowest BCUT2D eigenvalue weighted by molar-refractivity contribution is -0.138. The molecule has 0 heterocycles. The molecule has 35 heavy (non-hydrogen) atoms. The van der Waals surface area contributed by atoms with Gasteiger partial charge in [0.05, 0.1) is 0 Å². The standard InChI is InChI=1S/C28H36N2O5/c1-19(27(33)30(3)17-9-16-26(31)32)10-8-11-20(2)29-28(34)35-18-25-23-14-6-4-12-21(23)22-13-5-7-15-24(22)25/h4-7,12-15,19-20,25H,8-11,16-18H2,1-3H3,(H,29,34)(H,31,32). The van der Waals surface area contributed by atoms with E-state index in [4.69, 9.17) is 9.84 Å². The summed E-state index contributed by atoms with van der Waals surface area (Å²) in [4.78, 5) is 37.1. The third-order valence-corrected chi connectivity index (χ3v) is 6.66. The minimum atomic E-state index is -0.850. The number of nitrogens with one attached hydrogen (secondary N) is 1. The summed E-state index contributed by atoms with van der Waals surface area (Å²) in [5.41, 5.74) is 4.76. The molecule has 188 valence electrons. The second-order valence-electron chi connectivity index (χ2n) is 9.46. The molecule has 0 radical (unpaired) electrons. The highest BCUT2D eigenvalue weighted by Gasteiger charge is 2.29. The fraction of sp³-hybridized carbons (Fsp3) is 0.464. The Morgan fingerprint density at radius 2 is 1.57 bits per heavy atom. The van der Waals surface area contributed by atoms with Crippen molar-refractivity contribution < 1.29 is 24.2 Å². The number of carbonyl (C=O) groups excluding carboxylic acids is 2. The Kier molecular flexibility index (Phi) is 9.29. The van der Waals surface area contributed by atoms with Gasteiger partial charge in [0, 0.05) is 37.9 Å². The normalized spacial score (nSPS) is 13.9. The van der Waals surface area contributed by atoms with Crippen LogP contribution in [0.15, 0.2) is 48.5 Å². The molecule has 0 fully saturated rings. The van der Waals surface area contributed by atoms with Crippen molar-refractivity contribution in [1.29, 1.82) is 0 Å². The van der Waals surface area contributed by atoms with Gasteiger partial charge >= 0.3 is 12.1 Å². The number of ether oxygens (including phenoxy) is 1. The Morgan fingerprint density at radius 1 is 0.971 bits per heavy atom. The number of amides is 2. The topological polar surface area (TPSA) is 95.9 Å². The Bertz CT molecular complexity index is 992. The van der Waals surface area contributed by atoms with Crippen molar-refractivity contribution in [1.82, 2.24) is 10.2 Å². The van der Waals surface area contributed by atoms with Crippen molar-refractivity contribution in [2.75, 3.05) is 20.2 Å². The molecule has 2 unspecified atom stereocenters. The molecule has 2 N–H and O–H groups in total. The van der Waals surface area contributed by atoms with Gasteiger partial charge in [0.1, 0.15) is 6.61 Å². The number of alkyl carbamates (subject to hydrolysis) is 1. The zero-order chi connectivity index (χ0) is 25.4. The summed E-state index contributed by atoms with van der Waals surface area (Å²) in [5, 5.41) is 11.6. The molecule has 3 rings (SSSR count). The number of rotatable bonds is 12. The summed E-state index contributed by atoms with van der Waals surface area (Å²) in [6.07, 6.45) is 2.32. The first-order valence-corrected chi connectivity index (χ1v) is 12.4. The molecular weight excluding hydrogens is 444 g/mol. The smallest absolute Gasteiger partial charge is 0.407 e. The molecule has 0 saturated carbocycles. The zero-order valence-corrected chi connectivity index (χ0v) is 20.8. The van der Waals surface area contributed by atoms with E-state index in [2.05, 4.69) is 29.6 Å². The van der Waals surface area contributed by atoms with Crippen LogP contribution in [0.1, 0.15) is 63.0 Å². The summed E-state index contributed by atoms with van der Waals surface area (Å²) >= 11 is 0. The molecule has 0 aromatic heterocycles. The van der Waals surface area contributed by atoms with Gasteiger partial charge in [-0.1, -0.05) is 61.9 Å². The predicted octanol–water partition coefficient (Wildman–Crippen LogP) is 5.04. The number of carboxylic acids is 1. The van der Waals surface area contributed by atoms with Crippen molar-refractivity contribution in [3.8, 4) is 11.1 Å². The number of carboxylic acid groups (broad SMARTS) is 1. The fourth-order valence-electron chi connectivity index (χ4n) is 4.72. The molecular formula is C28H36N2O5. The minimum Gasteiger partial charge on any atom is -0.481 e. The number of fused-ring (bicyclic) bond motifs is 3. The first-order chi connectivity index (χ1) is 16.8. The van der Waals surface area contributed by atoms with Crippen molar-refractivity contribution in [2.45, 2.75) is 57.9 Å². The molecule has 2 amide bonds. The number of carbonyl (C=O) groups is 3. The third kappa shape index (κ3) is 7.07. The van der Waals surface area contributed by atoms with Crippen LogP contribution in [0.5, 0.6) is 0 Å². The quantitative estimate of drug-likeness (QED) is 0.444. The van der Waals surface area contributed by atoms with Gasteiger partial charge < -0.3 is 20.1 Å². The number of hydrogen-bond acceptors (Lipinski definition) is 4. The van der Waals surface area contributed by atoms with Gasteiger partial charge in [0.2, 0.25) is 5.91 Å². The molecule has 7 nitrogen and oxygen atoms in total. The lowest BCUT2D eigenvalue weighted by Crippen LogP contribution is -2.34. The highest BCUT2D eigenvalue weighted by molar-refractivity contribution is 5.79. The van der Waals surface area contributed by atoms with E-state index in [9.17, 15) is 14.4 Å². The molecule has 1 aliphatic carbocycles. The first kappa shape index (κ1) is 26.3. The van der Waals surface area contributed by atoms with Gasteiger partial charge in [-0.2, -0.15) is 0 Å². The Labute approximate surface area is 207 Å². The fourth-order valence-corrected chi connectivity index (χ4v) is 4.72. The highest BCUT2D eigenvalue weighted by Crippen LogP contribution is 2.44. The summed E-state index contributed by atoms with van der Waals surface area (Å²) < 4.78 is 5.61. The number of nitrogens with zero attached hydrogens (tertiary/aromatic N) is 1. The van der Waals surface area contributed by atoms with E-state index in [1.807, 2.05) is 38.1 Å². The Hall–Kier alpha value is -3.35. The van der Waals surface area contributed by atoms with Crippen LogP contribution in [-0.2, 0) is 14.3 Å². The number of aliphatic carboxylic acids is 1. The van der Waals surface area contributed by atoms with Gasteiger partial charge in [-0.25, -0.2) is 4.79 Å². The molecule has 7 heteroatoms. The minimum absolute atomic E-state index is 0.0209. The average molecular weight is 481 g/mol.